The fourth-order valence-electron chi connectivity index (χ4n) is 1.96. The van der Waals surface area contributed by atoms with E-state index in [1.165, 1.54) is 11.8 Å². The lowest BCUT2D eigenvalue weighted by Crippen LogP contribution is -1.98. The molecule has 3 rings (SSSR count). The Hall–Kier alpha value is -1.70. The number of thioether (sulfide) groups is 1. The molecule has 0 aliphatic heterocycles. The summed E-state index contributed by atoms with van der Waals surface area (Å²) in [4.78, 5) is 4.59. The van der Waals surface area contributed by atoms with Gasteiger partial charge in [0.25, 0.3) is 0 Å². The first-order valence-corrected chi connectivity index (χ1v) is 8.12. The van der Waals surface area contributed by atoms with E-state index >= 15 is 0 Å². The lowest BCUT2D eigenvalue weighted by molar-refractivity contribution is 0.564. The van der Waals surface area contributed by atoms with Crippen LogP contribution < -0.4 is 0 Å². The fourth-order valence-corrected chi connectivity index (χ4v) is 2.71. The Kier molecular flexibility index (Phi) is 3.56. The SMILES string of the molecule is CSc1ncc2ccc(-c3cccc(S(=O)O)c3)n2n1. The molecule has 2 heterocycles. The molecule has 0 bridgehead atoms. The Balaban J connectivity index is 2.18. The highest BCUT2D eigenvalue weighted by Crippen LogP contribution is 2.24. The van der Waals surface area contributed by atoms with Gasteiger partial charge in [0.1, 0.15) is 0 Å². The zero-order valence-corrected chi connectivity index (χ0v) is 12.2. The van der Waals surface area contributed by atoms with E-state index in [1.54, 1.807) is 28.9 Å². The molecule has 102 valence electrons. The minimum absolute atomic E-state index is 0.372. The van der Waals surface area contributed by atoms with Crippen molar-refractivity contribution in [3.8, 4) is 11.3 Å². The molecule has 2 aromatic heterocycles. The first-order valence-electron chi connectivity index (χ1n) is 5.79. The van der Waals surface area contributed by atoms with Gasteiger partial charge >= 0.3 is 0 Å². The van der Waals surface area contributed by atoms with Crippen molar-refractivity contribution in [2.24, 2.45) is 0 Å². The predicted octanol–water partition coefficient (Wildman–Crippen LogP) is 2.70. The Bertz CT molecular complexity index is 801. The van der Waals surface area contributed by atoms with Gasteiger partial charge in [0.15, 0.2) is 11.1 Å². The predicted molar refractivity (Wildman–Crippen MR) is 79.2 cm³/mol. The van der Waals surface area contributed by atoms with Crippen LogP contribution in [0.25, 0.3) is 16.8 Å². The summed E-state index contributed by atoms with van der Waals surface area (Å²) >= 11 is -0.519. The van der Waals surface area contributed by atoms with E-state index in [0.717, 1.165) is 16.8 Å². The summed E-state index contributed by atoms with van der Waals surface area (Å²) in [5.41, 5.74) is 2.59. The number of nitrogens with zero attached hydrogens (tertiary/aromatic N) is 3. The highest BCUT2D eigenvalue weighted by Gasteiger charge is 2.09. The maximum absolute atomic E-state index is 11.2. The summed E-state index contributed by atoms with van der Waals surface area (Å²) < 4.78 is 22.1. The standard InChI is InChI=1S/C13H11N3O2S2/c1-19-13-14-8-10-5-6-12(16(10)15-13)9-3-2-4-11(7-9)20(17)18/h2-8H,1H3,(H,17,18). The average Bonchev–Trinajstić information content (AvgIpc) is 2.90. The molecule has 0 radical (unpaired) electrons. The van der Waals surface area contributed by atoms with Crippen LogP contribution in [0.2, 0.25) is 0 Å². The van der Waals surface area contributed by atoms with Crippen LogP contribution in [0, 0.1) is 0 Å². The Morgan fingerprint density at radius 1 is 1.30 bits per heavy atom. The van der Waals surface area contributed by atoms with Gasteiger partial charge in [-0.3, -0.25) is 0 Å². The molecule has 0 saturated heterocycles. The number of aromatic nitrogens is 3. The van der Waals surface area contributed by atoms with Crippen LogP contribution in [0.1, 0.15) is 0 Å². The number of hydrogen-bond acceptors (Lipinski definition) is 4. The Morgan fingerprint density at radius 2 is 2.15 bits per heavy atom. The average molecular weight is 305 g/mol. The summed E-state index contributed by atoms with van der Waals surface area (Å²) in [5.74, 6) is 0. The molecule has 0 amide bonds. The molecular formula is C13H11N3O2S2. The van der Waals surface area contributed by atoms with Crippen LogP contribution in [0.4, 0.5) is 0 Å². The number of fused-ring (bicyclic) bond motifs is 1. The van der Waals surface area contributed by atoms with Gasteiger partial charge in [-0.1, -0.05) is 23.9 Å². The lowest BCUT2D eigenvalue weighted by atomic mass is 10.2. The Labute approximate surface area is 122 Å². The van der Waals surface area contributed by atoms with E-state index in [4.69, 9.17) is 0 Å². The highest BCUT2D eigenvalue weighted by molar-refractivity contribution is 7.98. The third-order valence-electron chi connectivity index (χ3n) is 2.89. The second-order valence-corrected chi connectivity index (χ2v) is 5.82. The molecule has 0 aliphatic carbocycles. The Morgan fingerprint density at radius 3 is 2.90 bits per heavy atom. The summed E-state index contributed by atoms with van der Waals surface area (Å²) in [5, 5.41) is 5.11. The van der Waals surface area contributed by atoms with E-state index < -0.39 is 11.1 Å². The van der Waals surface area contributed by atoms with Crippen LogP contribution >= 0.6 is 11.8 Å². The van der Waals surface area contributed by atoms with E-state index in [2.05, 4.69) is 10.1 Å². The van der Waals surface area contributed by atoms with E-state index in [9.17, 15) is 8.76 Å². The van der Waals surface area contributed by atoms with Gasteiger partial charge in [0.05, 0.1) is 22.3 Å². The molecule has 0 spiro atoms. The normalized spacial score (nSPS) is 12.7. The first kappa shape index (κ1) is 13.3. The maximum atomic E-state index is 11.2. The summed E-state index contributed by atoms with van der Waals surface area (Å²) in [7, 11) is 0. The number of benzene rings is 1. The fraction of sp³-hybridized carbons (Fsp3) is 0.0769. The van der Waals surface area contributed by atoms with Gasteiger partial charge in [-0.2, -0.15) is 0 Å². The minimum atomic E-state index is -1.99. The smallest absolute Gasteiger partial charge is 0.207 e. The highest BCUT2D eigenvalue weighted by atomic mass is 32.2. The molecular weight excluding hydrogens is 294 g/mol. The largest absolute Gasteiger partial charge is 0.302 e. The van der Waals surface area contributed by atoms with E-state index in [0.29, 0.717) is 10.1 Å². The molecule has 7 heteroatoms. The van der Waals surface area contributed by atoms with Gasteiger partial charge in [-0.15, -0.1) is 5.10 Å². The van der Waals surface area contributed by atoms with Crippen LogP contribution in [0.3, 0.4) is 0 Å². The summed E-state index contributed by atoms with van der Waals surface area (Å²) in [6.45, 7) is 0. The van der Waals surface area contributed by atoms with Gasteiger partial charge in [-0.05, 0) is 30.5 Å². The van der Waals surface area contributed by atoms with Gasteiger partial charge in [0, 0.05) is 5.56 Å². The molecule has 1 unspecified atom stereocenters. The molecule has 0 saturated carbocycles. The van der Waals surface area contributed by atoms with Crippen molar-refractivity contribution in [2.45, 2.75) is 10.1 Å². The molecule has 0 aliphatic rings. The maximum Gasteiger partial charge on any atom is 0.207 e. The third-order valence-corrected chi connectivity index (χ3v) is 4.10. The van der Waals surface area contributed by atoms with Crippen LogP contribution in [-0.2, 0) is 11.1 Å². The number of rotatable bonds is 3. The number of hydrogen-bond donors (Lipinski definition) is 1. The topological polar surface area (TPSA) is 67.5 Å². The molecule has 5 nitrogen and oxygen atoms in total. The van der Waals surface area contributed by atoms with Crippen molar-refractivity contribution in [3.63, 3.8) is 0 Å². The van der Waals surface area contributed by atoms with Crippen molar-refractivity contribution in [1.29, 1.82) is 0 Å². The van der Waals surface area contributed by atoms with Crippen LogP contribution in [0.5, 0.6) is 0 Å². The lowest BCUT2D eigenvalue weighted by Gasteiger charge is -2.04. The molecule has 3 aromatic rings. The second-order valence-electron chi connectivity index (χ2n) is 4.08. The summed E-state index contributed by atoms with van der Waals surface area (Å²) in [6.07, 6.45) is 3.68. The van der Waals surface area contributed by atoms with Crippen molar-refractivity contribution in [1.82, 2.24) is 14.6 Å². The molecule has 1 N–H and O–H groups in total. The van der Waals surface area contributed by atoms with Gasteiger partial charge in [-0.25, -0.2) is 13.7 Å². The molecule has 1 aromatic carbocycles. The van der Waals surface area contributed by atoms with Crippen molar-refractivity contribution < 1.29 is 8.76 Å². The third kappa shape index (κ3) is 2.35. The van der Waals surface area contributed by atoms with Gasteiger partial charge in [0.2, 0.25) is 5.16 Å². The van der Waals surface area contributed by atoms with Crippen molar-refractivity contribution in [3.05, 3.63) is 42.6 Å². The zero-order valence-electron chi connectivity index (χ0n) is 10.6. The zero-order chi connectivity index (χ0) is 14.1. The van der Waals surface area contributed by atoms with Crippen LogP contribution in [0.15, 0.2) is 52.6 Å². The van der Waals surface area contributed by atoms with Gasteiger partial charge < -0.3 is 4.55 Å². The summed E-state index contributed by atoms with van der Waals surface area (Å²) in [6, 6.07) is 10.8. The molecule has 1 atom stereocenters. The molecule has 0 fully saturated rings. The van der Waals surface area contributed by atoms with Crippen molar-refractivity contribution in [2.75, 3.05) is 6.26 Å². The minimum Gasteiger partial charge on any atom is -0.302 e. The van der Waals surface area contributed by atoms with E-state index in [1.807, 2.05) is 24.5 Å². The second kappa shape index (κ2) is 5.35. The monoisotopic (exact) mass is 305 g/mol. The quantitative estimate of drug-likeness (QED) is 0.595. The van der Waals surface area contributed by atoms with Crippen LogP contribution in [-0.4, -0.2) is 29.6 Å². The van der Waals surface area contributed by atoms with Crippen molar-refractivity contribution >= 4 is 28.4 Å². The first-order chi connectivity index (χ1) is 9.69. The molecule has 20 heavy (non-hydrogen) atoms. The van der Waals surface area contributed by atoms with E-state index in [-0.39, 0.29) is 0 Å².